The Morgan fingerprint density at radius 3 is 2.70 bits per heavy atom. The van der Waals surface area contributed by atoms with Gasteiger partial charge in [-0.3, -0.25) is 14.3 Å². The molecule has 0 aliphatic heterocycles. The molecule has 0 aromatic carbocycles. The fourth-order valence-corrected chi connectivity index (χ4v) is 1.66. The molecule has 1 rings (SSSR count). The van der Waals surface area contributed by atoms with Crippen LogP contribution < -0.4 is 11.1 Å². The molecule has 112 valence electrons. The minimum absolute atomic E-state index is 0.0295. The minimum atomic E-state index is -0.425. The number of aromatic nitrogens is 2. The maximum absolute atomic E-state index is 12.1. The smallest absolute Gasteiger partial charge is 0.247 e. The van der Waals surface area contributed by atoms with Gasteiger partial charge in [-0.05, 0) is 25.5 Å². The zero-order chi connectivity index (χ0) is 15.1. The molecule has 0 bridgehead atoms. The van der Waals surface area contributed by atoms with E-state index in [1.165, 1.54) is 4.90 Å². The van der Waals surface area contributed by atoms with Gasteiger partial charge in [0.25, 0.3) is 0 Å². The number of likely N-dealkylation sites (N-methyl/N-ethyl adjacent to an activating group) is 1. The van der Waals surface area contributed by atoms with E-state index in [9.17, 15) is 9.59 Å². The SMILES string of the molecule is CC(CN)CNC(=O)CN(C)C(=O)C(C)n1cccn1. The first-order valence-electron chi connectivity index (χ1n) is 6.66. The van der Waals surface area contributed by atoms with Gasteiger partial charge in [0.2, 0.25) is 11.8 Å². The Morgan fingerprint density at radius 2 is 2.15 bits per heavy atom. The summed E-state index contributed by atoms with van der Waals surface area (Å²) in [6.07, 6.45) is 3.34. The van der Waals surface area contributed by atoms with Crippen LogP contribution in [0.1, 0.15) is 19.9 Å². The summed E-state index contributed by atoms with van der Waals surface area (Å²) >= 11 is 0. The van der Waals surface area contributed by atoms with Gasteiger partial charge in [-0.15, -0.1) is 0 Å². The molecule has 1 heterocycles. The second kappa shape index (κ2) is 7.64. The molecule has 7 nitrogen and oxygen atoms in total. The Bertz CT molecular complexity index is 432. The first-order chi connectivity index (χ1) is 9.45. The first-order valence-corrected chi connectivity index (χ1v) is 6.66. The molecule has 2 amide bonds. The summed E-state index contributed by atoms with van der Waals surface area (Å²) in [5.41, 5.74) is 5.48. The normalized spacial score (nSPS) is 13.6. The van der Waals surface area contributed by atoms with Crippen molar-refractivity contribution in [2.24, 2.45) is 11.7 Å². The summed E-state index contributed by atoms with van der Waals surface area (Å²) in [6, 6.07) is 1.33. The Hall–Kier alpha value is -1.89. The standard InChI is InChI=1S/C13H23N5O2/c1-10(7-14)8-15-12(19)9-17(3)13(20)11(2)18-6-4-5-16-18/h4-6,10-11H,7-9,14H2,1-3H3,(H,15,19). The van der Waals surface area contributed by atoms with Crippen molar-refractivity contribution in [2.75, 3.05) is 26.7 Å². The number of nitrogens with zero attached hydrogens (tertiary/aromatic N) is 3. The first kappa shape index (κ1) is 16.2. The summed E-state index contributed by atoms with van der Waals surface area (Å²) < 4.78 is 1.56. The third-order valence-corrected chi connectivity index (χ3v) is 3.09. The van der Waals surface area contributed by atoms with Crippen molar-refractivity contribution in [3.05, 3.63) is 18.5 Å². The molecular formula is C13H23N5O2. The van der Waals surface area contributed by atoms with Gasteiger partial charge in [0.05, 0.1) is 6.54 Å². The van der Waals surface area contributed by atoms with Gasteiger partial charge in [-0.2, -0.15) is 5.10 Å². The topological polar surface area (TPSA) is 93.3 Å². The van der Waals surface area contributed by atoms with Crippen molar-refractivity contribution in [3.8, 4) is 0 Å². The van der Waals surface area contributed by atoms with E-state index in [1.54, 1.807) is 37.1 Å². The van der Waals surface area contributed by atoms with Crippen LogP contribution in [-0.4, -0.2) is 53.2 Å². The Balaban J connectivity index is 2.43. The van der Waals surface area contributed by atoms with Crippen LogP contribution >= 0.6 is 0 Å². The van der Waals surface area contributed by atoms with Gasteiger partial charge in [-0.1, -0.05) is 6.92 Å². The van der Waals surface area contributed by atoms with Crippen molar-refractivity contribution >= 4 is 11.8 Å². The fourth-order valence-electron chi connectivity index (χ4n) is 1.66. The Labute approximate surface area is 119 Å². The average molecular weight is 281 g/mol. The van der Waals surface area contributed by atoms with E-state index in [0.29, 0.717) is 13.1 Å². The molecule has 0 spiro atoms. The van der Waals surface area contributed by atoms with Gasteiger partial charge in [0.15, 0.2) is 0 Å². The molecule has 0 fully saturated rings. The van der Waals surface area contributed by atoms with Crippen LogP contribution in [0.2, 0.25) is 0 Å². The number of hydrogen-bond donors (Lipinski definition) is 2. The van der Waals surface area contributed by atoms with E-state index in [4.69, 9.17) is 5.73 Å². The number of carbonyl (C=O) groups is 2. The molecule has 0 saturated heterocycles. The third kappa shape index (κ3) is 4.65. The number of amides is 2. The molecule has 0 radical (unpaired) electrons. The van der Waals surface area contributed by atoms with Crippen molar-refractivity contribution in [2.45, 2.75) is 19.9 Å². The summed E-state index contributed by atoms with van der Waals surface area (Å²) in [5.74, 6) is -0.118. The molecule has 1 aromatic heterocycles. The molecular weight excluding hydrogens is 258 g/mol. The molecule has 1 aromatic rings. The van der Waals surface area contributed by atoms with Crippen LogP contribution in [0.4, 0.5) is 0 Å². The van der Waals surface area contributed by atoms with Gasteiger partial charge < -0.3 is 16.0 Å². The predicted octanol–water partition coefficient (Wildman–Crippen LogP) is -0.386. The molecule has 20 heavy (non-hydrogen) atoms. The maximum atomic E-state index is 12.1. The molecule has 0 saturated carbocycles. The average Bonchev–Trinajstić information content (AvgIpc) is 2.96. The van der Waals surface area contributed by atoms with Crippen LogP contribution in [0.5, 0.6) is 0 Å². The number of nitrogens with two attached hydrogens (primary N) is 1. The van der Waals surface area contributed by atoms with E-state index < -0.39 is 6.04 Å². The minimum Gasteiger partial charge on any atom is -0.354 e. The third-order valence-electron chi connectivity index (χ3n) is 3.09. The molecule has 0 aliphatic rings. The van der Waals surface area contributed by atoms with Crippen LogP contribution in [0.25, 0.3) is 0 Å². The number of nitrogens with one attached hydrogen (secondary N) is 1. The lowest BCUT2D eigenvalue weighted by atomic mass is 10.2. The van der Waals surface area contributed by atoms with Crippen molar-refractivity contribution in [3.63, 3.8) is 0 Å². The van der Waals surface area contributed by atoms with E-state index in [2.05, 4.69) is 10.4 Å². The summed E-state index contributed by atoms with van der Waals surface area (Å²) in [5, 5.41) is 6.78. The zero-order valence-electron chi connectivity index (χ0n) is 12.2. The quantitative estimate of drug-likeness (QED) is 0.712. The molecule has 7 heteroatoms. The number of carbonyl (C=O) groups excluding carboxylic acids is 2. The summed E-state index contributed by atoms with van der Waals surface area (Å²) in [7, 11) is 1.61. The van der Waals surface area contributed by atoms with Crippen molar-refractivity contribution < 1.29 is 9.59 Å². The molecule has 0 aliphatic carbocycles. The van der Waals surface area contributed by atoms with Crippen LogP contribution in [0, 0.1) is 5.92 Å². The van der Waals surface area contributed by atoms with E-state index in [0.717, 1.165) is 0 Å². The van der Waals surface area contributed by atoms with Crippen LogP contribution in [-0.2, 0) is 9.59 Å². The van der Waals surface area contributed by atoms with E-state index in [1.807, 2.05) is 6.92 Å². The fraction of sp³-hybridized carbons (Fsp3) is 0.615. The van der Waals surface area contributed by atoms with Gasteiger partial charge in [0.1, 0.15) is 6.04 Å². The highest BCUT2D eigenvalue weighted by Crippen LogP contribution is 2.06. The van der Waals surface area contributed by atoms with Gasteiger partial charge in [-0.25, -0.2) is 0 Å². The number of hydrogen-bond acceptors (Lipinski definition) is 4. The maximum Gasteiger partial charge on any atom is 0.247 e. The largest absolute Gasteiger partial charge is 0.354 e. The highest BCUT2D eigenvalue weighted by molar-refractivity contribution is 5.86. The molecule has 2 atom stereocenters. The lowest BCUT2D eigenvalue weighted by molar-refractivity contribution is -0.137. The summed E-state index contributed by atoms with van der Waals surface area (Å²) in [6.45, 7) is 4.77. The molecule has 2 unspecified atom stereocenters. The van der Waals surface area contributed by atoms with Crippen LogP contribution in [0.3, 0.4) is 0 Å². The highest BCUT2D eigenvalue weighted by Gasteiger charge is 2.21. The zero-order valence-corrected chi connectivity index (χ0v) is 12.2. The van der Waals surface area contributed by atoms with Crippen LogP contribution in [0.15, 0.2) is 18.5 Å². The van der Waals surface area contributed by atoms with Crippen molar-refractivity contribution in [1.29, 1.82) is 0 Å². The molecule has 3 N–H and O–H groups in total. The lowest BCUT2D eigenvalue weighted by Gasteiger charge is -2.21. The monoisotopic (exact) mass is 281 g/mol. The van der Waals surface area contributed by atoms with E-state index in [-0.39, 0.29) is 24.3 Å². The lowest BCUT2D eigenvalue weighted by Crippen LogP contribution is -2.42. The highest BCUT2D eigenvalue weighted by atomic mass is 16.2. The van der Waals surface area contributed by atoms with Gasteiger partial charge >= 0.3 is 0 Å². The second-order valence-corrected chi connectivity index (χ2v) is 5.00. The van der Waals surface area contributed by atoms with E-state index >= 15 is 0 Å². The number of rotatable bonds is 7. The Morgan fingerprint density at radius 1 is 1.45 bits per heavy atom. The second-order valence-electron chi connectivity index (χ2n) is 5.00. The Kier molecular flexibility index (Phi) is 6.17. The van der Waals surface area contributed by atoms with Gasteiger partial charge in [0, 0.05) is 26.0 Å². The summed E-state index contributed by atoms with van der Waals surface area (Å²) in [4.78, 5) is 25.3. The predicted molar refractivity (Wildman–Crippen MR) is 75.8 cm³/mol. The van der Waals surface area contributed by atoms with Crippen molar-refractivity contribution in [1.82, 2.24) is 20.0 Å².